The van der Waals surface area contributed by atoms with Crippen LogP contribution in [0.4, 0.5) is 4.39 Å². The average molecular weight is 270 g/mol. The van der Waals surface area contributed by atoms with Gasteiger partial charge in [-0.15, -0.1) is 11.6 Å². The van der Waals surface area contributed by atoms with Crippen molar-refractivity contribution in [3.63, 3.8) is 0 Å². The van der Waals surface area contributed by atoms with Gasteiger partial charge in [0.1, 0.15) is 5.82 Å². The van der Waals surface area contributed by atoms with Gasteiger partial charge in [-0.3, -0.25) is 4.79 Å². The maximum Gasteiger partial charge on any atom is 0.254 e. The van der Waals surface area contributed by atoms with Crippen LogP contribution in [0.25, 0.3) is 0 Å². The fourth-order valence-corrected chi connectivity index (χ4v) is 2.72. The van der Waals surface area contributed by atoms with E-state index in [1.165, 1.54) is 6.07 Å². The highest BCUT2D eigenvalue weighted by Crippen LogP contribution is 2.28. The predicted octanol–water partition coefficient (Wildman–Crippen LogP) is 3.27. The van der Waals surface area contributed by atoms with E-state index in [0.717, 1.165) is 24.8 Å². The summed E-state index contributed by atoms with van der Waals surface area (Å²) in [5, 5.41) is 3.02. The van der Waals surface area contributed by atoms with E-state index in [-0.39, 0.29) is 16.8 Å². The molecule has 1 aromatic carbocycles. The standard InChI is InChI=1S/C14H17ClFNO/c1-9-2-5-13(16)12(6-9)14(18)17-8-10-3-4-11(15)7-10/h2,5-6,10-11H,3-4,7-8H2,1H3,(H,17,18). The monoisotopic (exact) mass is 269 g/mol. The first-order valence-electron chi connectivity index (χ1n) is 6.24. The second-order valence-electron chi connectivity index (χ2n) is 4.97. The molecule has 1 aromatic rings. The minimum Gasteiger partial charge on any atom is -0.352 e. The number of amides is 1. The first-order valence-corrected chi connectivity index (χ1v) is 6.68. The molecule has 2 atom stereocenters. The molecule has 2 rings (SSSR count). The fraction of sp³-hybridized carbons (Fsp3) is 0.500. The first-order chi connectivity index (χ1) is 8.56. The topological polar surface area (TPSA) is 29.1 Å². The van der Waals surface area contributed by atoms with Crippen molar-refractivity contribution in [1.29, 1.82) is 0 Å². The summed E-state index contributed by atoms with van der Waals surface area (Å²) in [7, 11) is 0. The van der Waals surface area contributed by atoms with Crippen molar-refractivity contribution in [2.24, 2.45) is 5.92 Å². The van der Waals surface area contributed by atoms with E-state index in [4.69, 9.17) is 11.6 Å². The zero-order valence-corrected chi connectivity index (χ0v) is 11.1. The van der Waals surface area contributed by atoms with Crippen molar-refractivity contribution in [3.05, 3.63) is 35.1 Å². The Balaban J connectivity index is 1.93. The Bertz CT molecular complexity index is 449. The maximum atomic E-state index is 13.5. The van der Waals surface area contributed by atoms with Crippen molar-refractivity contribution in [3.8, 4) is 0 Å². The van der Waals surface area contributed by atoms with Gasteiger partial charge in [0.15, 0.2) is 0 Å². The summed E-state index contributed by atoms with van der Waals surface area (Å²) in [6.45, 7) is 2.42. The van der Waals surface area contributed by atoms with E-state index in [1.807, 2.05) is 6.92 Å². The molecule has 1 amide bonds. The molecule has 0 heterocycles. The quantitative estimate of drug-likeness (QED) is 0.839. The number of hydrogen-bond donors (Lipinski definition) is 1. The molecule has 1 aliphatic carbocycles. The lowest BCUT2D eigenvalue weighted by Crippen LogP contribution is -2.29. The van der Waals surface area contributed by atoms with Crippen molar-refractivity contribution in [2.45, 2.75) is 31.6 Å². The van der Waals surface area contributed by atoms with Gasteiger partial charge in [0.25, 0.3) is 5.91 Å². The lowest BCUT2D eigenvalue weighted by molar-refractivity contribution is 0.0943. The number of rotatable bonds is 3. The molecule has 0 aromatic heterocycles. The molecule has 98 valence electrons. The molecule has 1 N–H and O–H groups in total. The van der Waals surface area contributed by atoms with Crippen molar-refractivity contribution < 1.29 is 9.18 Å². The molecule has 0 saturated heterocycles. The van der Waals surface area contributed by atoms with Crippen LogP contribution in [-0.4, -0.2) is 17.8 Å². The fourth-order valence-electron chi connectivity index (χ4n) is 2.34. The second-order valence-corrected chi connectivity index (χ2v) is 5.59. The minimum absolute atomic E-state index is 0.121. The molecule has 0 aliphatic heterocycles. The third kappa shape index (κ3) is 3.22. The molecule has 0 radical (unpaired) electrons. The Morgan fingerprint density at radius 3 is 2.94 bits per heavy atom. The van der Waals surface area contributed by atoms with Gasteiger partial charge in [0.05, 0.1) is 5.56 Å². The van der Waals surface area contributed by atoms with E-state index < -0.39 is 5.82 Å². The van der Waals surface area contributed by atoms with Gasteiger partial charge in [0, 0.05) is 11.9 Å². The largest absolute Gasteiger partial charge is 0.352 e. The van der Waals surface area contributed by atoms with Crippen molar-refractivity contribution >= 4 is 17.5 Å². The summed E-state index contributed by atoms with van der Waals surface area (Å²) in [6.07, 6.45) is 2.96. The van der Waals surface area contributed by atoms with Gasteiger partial charge in [-0.1, -0.05) is 11.6 Å². The van der Waals surface area contributed by atoms with E-state index in [0.29, 0.717) is 12.5 Å². The van der Waals surface area contributed by atoms with Crippen LogP contribution >= 0.6 is 11.6 Å². The van der Waals surface area contributed by atoms with Crippen molar-refractivity contribution in [1.82, 2.24) is 5.32 Å². The molecular formula is C14H17ClFNO. The second kappa shape index (κ2) is 5.70. The van der Waals surface area contributed by atoms with Crippen LogP contribution < -0.4 is 5.32 Å². The molecule has 4 heteroatoms. The van der Waals surface area contributed by atoms with Crippen LogP contribution in [0.3, 0.4) is 0 Å². The minimum atomic E-state index is -0.472. The van der Waals surface area contributed by atoms with Crippen LogP contribution in [0.2, 0.25) is 0 Å². The van der Waals surface area contributed by atoms with E-state index >= 15 is 0 Å². The Morgan fingerprint density at radius 2 is 2.28 bits per heavy atom. The zero-order chi connectivity index (χ0) is 13.1. The Kier molecular flexibility index (Phi) is 4.23. The summed E-state index contributed by atoms with van der Waals surface area (Å²) in [4.78, 5) is 11.9. The molecule has 2 unspecified atom stereocenters. The summed E-state index contributed by atoms with van der Waals surface area (Å²) in [5.74, 6) is -0.390. The number of nitrogens with one attached hydrogen (secondary N) is 1. The number of hydrogen-bond acceptors (Lipinski definition) is 1. The van der Waals surface area contributed by atoms with Gasteiger partial charge in [0.2, 0.25) is 0 Å². The SMILES string of the molecule is Cc1ccc(F)c(C(=O)NCC2CCC(Cl)C2)c1. The highest BCUT2D eigenvalue weighted by Gasteiger charge is 2.23. The first kappa shape index (κ1) is 13.3. The molecule has 18 heavy (non-hydrogen) atoms. The van der Waals surface area contributed by atoms with Gasteiger partial charge in [-0.05, 0) is 44.2 Å². The lowest BCUT2D eigenvalue weighted by Gasteiger charge is -2.11. The Hall–Kier alpha value is -1.09. The highest BCUT2D eigenvalue weighted by molar-refractivity contribution is 6.20. The highest BCUT2D eigenvalue weighted by atomic mass is 35.5. The van der Waals surface area contributed by atoms with Crippen LogP contribution in [0.5, 0.6) is 0 Å². The Morgan fingerprint density at radius 1 is 1.50 bits per heavy atom. The molecule has 2 nitrogen and oxygen atoms in total. The molecule has 0 bridgehead atoms. The summed E-state index contributed by atoms with van der Waals surface area (Å²) < 4.78 is 13.5. The lowest BCUT2D eigenvalue weighted by atomic mass is 10.1. The van der Waals surface area contributed by atoms with Crippen LogP contribution in [0, 0.1) is 18.7 Å². The summed E-state index contributed by atoms with van der Waals surface area (Å²) >= 11 is 6.01. The third-order valence-corrected chi connectivity index (χ3v) is 3.79. The normalized spacial score (nSPS) is 23.1. The molecule has 0 spiro atoms. The summed E-state index contributed by atoms with van der Waals surface area (Å²) in [5.41, 5.74) is 0.999. The van der Waals surface area contributed by atoms with Gasteiger partial charge < -0.3 is 5.32 Å². The molecule has 1 saturated carbocycles. The molecule has 1 aliphatic rings. The third-order valence-electron chi connectivity index (χ3n) is 3.40. The number of aryl methyl sites for hydroxylation is 1. The number of alkyl halides is 1. The number of halogens is 2. The van der Waals surface area contributed by atoms with Gasteiger partial charge in [-0.2, -0.15) is 0 Å². The summed E-state index contributed by atoms with van der Waals surface area (Å²) in [6, 6.07) is 4.56. The van der Waals surface area contributed by atoms with Crippen LogP contribution in [-0.2, 0) is 0 Å². The van der Waals surface area contributed by atoms with E-state index in [9.17, 15) is 9.18 Å². The maximum absolute atomic E-state index is 13.5. The molecular weight excluding hydrogens is 253 g/mol. The number of carbonyl (C=O) groups is 1. The van der Waals surface area contributed by atoms with Crippen LogP contribution in [0.15, 0.2) is 18.2 Å². The number of benzene rings is 1. The van der Waals surface area contributed by atoms with E-state index in [2.05, 4.69) is 5.32 Å². The van der Waals surface area contributed by atoms with Crippen LogP contribution in [0.1, 0.15) is 35.2 Å². The number of carbonyl (C=O) groups excluding carboxylic acids is 1. The smallest absolute Gasteiger partial charge is 0.254 e. The van der Waals surface area contributed by atoms with Crippen molar-refractivity contribution in [2.75, 3.05) is 6.54 Å². The zero-order valence-electron chi connectivity index (χ0n) is 10.4. The average Bonchev–Trinajstić information content (AvgIpc) is 2.75. The Labute approximate surface area is 112 Å². The predicted molar refractivity (Wildman–Crippen MR) is 70.5 cm³/mol. The van der Waals surface area contributed by atoms with Gasteiger partial charge >= 0.3 is 0 Å². The van der Waals surface area contributed by atoms with Gasteiger partial charge in [-0.25, -0.2) is 4.39 Å². The molecule has 1 fully saturated rings. The van der Waals surface area contributed by atoms with E-state index in [1.54, 1.807) is 12.1 Å².